The summed E-state index contributed by atoms with van der Waals surface area (Å²) in [6.07, 6.45) is 0. The van der Waals surface area contributed by atoms with Crippen molar-refractivity contribution < 1.29 is 14.6 Å². The number of benzene rings is 5. The van der Waals surface area contributed by atoms with Crippen LogP contribution in [0.2, 0.25) is 0 Å². The fourth-order valence-corrected chi connectivity index (χ4v) is 5.39. The number of ketones is 1. The molecular weight excluding hydrogens is 468 g/mol. The van der Waals surface area contributed by atoms with Gasteiger partial charge in [0.2, 0.25) is 11.6 Å². The Labute approximate surface area is 222 Å². The van der Waals surface area contributed by atoms with Gasteiger partial charge in [-0.3, -0.25) is 4.79 Å². The lowest BCUT2D eigenvalue weighted by atomic mass is 9.75. The average molecular weight is 495 g/mol. The molecule has 1 aliphatic rings. The Balaban J connectivity index is 1.78. The molecule has 1 heterocycles. The van der Waals surface area contributed by atoms with E-state index in [0.29, 0.717) is 27.8 Å². The van der Waals surface area contributed by atoms with Gasteiger partial charge in [0.05, 0.1) is 0 Å². The van der Waals surface area contributed by atoms with Crippen molar-refractivity contribution in [1.82, 2.24) is 0 Å². The lowest BCUT2D eigenvalue weighted by Gasteiger charge is -2.35. The molecule has 2 atom stereocenters. The molecular formula is C35H26O3. The summed E-state index contributed by atoms with van der Waals surface area (Å²) in [5, 5.41) is 12.7. The highest BCUT2D eigenvalue weighted by molar-refractivity contribution is 6.17. The molecule has 0 fully saturated rings. The van der Waals surface area contributed by atoms with Crippen LogP contribution >= 0.6 is 0 Å². The molecule has 0 aliphatic carbocycles. The fraction of sp³-hybridized carbons (Fsp3) is 0.0571. The summed E-state index contributed by atoms with van der Waals surface area (Å²) in [5.41, 5.74) is 2.80. The van der Waals surface area contributed by atoms with Crippen molar-refractivity contribution in [3.63, 3.8) is 0 Å². The molecule has 3 nitrogen and oxygen atoms in total. The van der Waals surface area contributed by atoms with Gasteiger partial charge in [0, 0.05) is 22.3 Å². The van der Waals surface area contributed by atoms with E-state index in [1.54, 1.807) is 12.1 Å². The van der Waals surface area contributed by atoms with Gasteiger partial charge in [-0.1, -0.05) is 152 Å². The standard InChI is InChI=1S/C35H26O3/c36-33(28-20-10-3-11-21-28)34(29-22-12-4-13-23-29)31(26-16-6-1-7-17-26)32(27-18-8-2-9-19-27)35(37,38-34)30-24-14-5-15-25-30/h1-25,37H. The summed E-state index contributed by atoms with van der Waals surface area (Å²) in [7, 11) is 0. The van der Waals surface area contributed by atoms with E-state index in [4.69, 9.17) is 4.74 Å². The third-order valence-corrected chi connectivity index (χ3v) is 7.07. The molecule has 3 heteroatoms. The fourth-order valence-electron chi connectivity index (χ4n) is 5.39. The van der Waals surface area contributed by atoms with Crippen molar-refractivity contribution in [2.75, 3.05) is 0 Å². The van der Waals surface area contributed by atoms with Gasteiger partial charge in [-0.2, -0.15) is 0 Å². The Bertz CT molecular complexity index is 1580. The van der Waals surface area contributed by atoms with Gasteiger partial charge in [0.15, 0.2) is 5.60 Å². The third kappa shape index (κ3) is 3.81. The van der Waals surface area contributed by atoms with E-state index in [1.807, 2.05) is 140 Å². The van der Waals surface area contributed by atoms with Crippen molar-refractivity contribution in [2.45, 2.75) is 11.4 Å². The summed E-state index contributed by atoms with van der Waals surface area (Å²) < 4.78 is 6.89. The molecule has 0 saturated heterocycles. The van der Waals surface area contributed by atoms with Crippen molar-refractivity contribution >= 4 is 16.9 Å². The van der Waals surface area contributed by atoms with Crippen LogP contribution in [-0.2, 0) is 16.1 Å². The molecule has 1 N–H and O–H groups in total. The van der Waals surface area contributed by atoms with E-state index >= 15 is 0 Å². The Kier molecular flexibility index (Phi) is 6.09. The minimum Gasteiger partial charge on any atom is -0.358 e. The molecule has 38 heavy (non-hydrogen) atoms. The molecule has 0 saturated carbocycles. The van der Waals surface area contributed by atoms with E-state index in [-0.39, 0.29) is 5.78 Å². The largest absolute Gasteiger partial charge is 0.358 e. The Morgan fingerprint density at radius 3 is 1.39 bits per heavy atom. The second-order valence-electron chi connectivity index (χ2n) is 9.34. The second-order valence-corrected chi connectivity index (χ2v) is 9.34. The first-order valence-corrected chi connectivity index (χ1v) is 12.6. The van der Waals surface area contributed by atoms with Crippen molar-refractivity contribution in [2.24, 2.45) is 0 Å². The summed E-state index contributed by atoms with van der Waals surface area (Å²) in [6.45, 7) is 0. The molecule has 0 radical (unpaired) electrons. The van der Waals surface area contributed by atoms with E-state index in [9.17, 15) is 9.90 Å². The zero-order chi connectivity index (χ0) is 26.0. The number of rotatable bonds is 6. The van der Waals surface area contributed by atoms with E-state index in [0.717, 1.165) is 11.1 Å². The molecule has 0 aromatic heterocycles. The highest BCUT2D eigenvalue weighted by Crippen LogP contribution is 2.60. The van der Waals surface area contributed by atoms with Gasteiger partial charge in [-0.15, -0.1) is 0 Å². The zero-order valence-corrected chi connectivity index (χ0v) is 20.7. The van der Waals surface area contributed by atoms with Crippen molar-refractivity contribution in [3.05, 3.63) is 179 Å². The van der Waals surface area contributed by atoms with Crippen LogP contribution in [0.1, 0.15) is 32.6 Å². The monoisotopic (exact) mass is 494 g/mol. The molecule has 1 aliphatic heterocycles. The zero-order valence-electron chi connectivity index (χ0n) is 20.7. The van der Waals surface area contributed by atoms with Gasteiger partial charge < -0.3 is 9.84 Å². The summed E-state index contributed by atoms with van der Waals surface area (Å²) in [4.78, 5) is 14.8. The van der Waals surface area contributed by atoms with E-state index in [2.05, 4.69) is 0 Å². The van der Waals surface area contributed by atoms with Gasteiger partial charge in [-0.05, 0) is 16.7 Å². The summed E-state index contributed by atoms with van der Waals surface area (Å²) in [5.74, 6) is -2.16. The number of carbonyl (C=O) groups is 1. The lowest BCUT2D eigenvalue weighted by molar-refractivity contribution is -0.196. The predicted octanol–water partition coefficient (Wildman–Crippen LogP) is 7.25. The molecule has 184 valence electrons. The van der Waals surface area contributed by atoms with Crippen LogP contribution in [0.25, 0.3) is 11.1 Å². The first kappa shape index (κ1) is 23.8. The highest BCUT2D eigenvalue weighted by Gasteiger charge is 2.60. The first-order valence-electron chi connectivity index (χ1n) is 12.6. The van der Waals surface area contributed by atoms with Gasteiger partial charge in [-0.25, -0.2) is 0 Å². The molecule has 5 aromatic carbocycles. The van der Waals surface area contributed by atoms with Crippen LogP contribution in [0.15, 0.2) is 152 Å². The van der Waals surface area contributed by atoms with E-state index < -0.39 is 11.4 Å². The number of ether oxygens (including phenoxy) is 1. The second kappa shape index (κ2) is 9.71. The van der Waals surface area contributed by atoms with Gasteiger partial charge >= 0.3 is 0 Å². The van der Waals surface area contributed by atoms with Crippen molar-refractivity contribution in [3.8, 4) is 0 Å². The maximum atomic E-state index is 14.8. The third-order valence-electron chi connectivity index (χ3n) is 7.07. The van der Waals surface area contributed by atoms with Crippen LogP contribution in [0.3, 0.4) is 0 Å². The summed E-state index contributed by atoms with van der Waals surface area (Å²) >= 11 is 0. The average Bonchev–Trinajstić information content (AvgIpc) is 3.30. The Morgan fingerprint density at radius 1 is 0.500 bits per heavy atom. The van der Waals surface area contributed by atoms with Crippen LogP contribution in [-0.4, -0.2) is 10.9 Å². The molecule has 0 spiro atoms. The van der Waals surface area contributed by atoms with Crippen LogP contribution in [0.4, 0.5) is 0 Å². The topological polar surface area (TPSA) is 46.5 Å². The van der Waals surface area contributed by atoms with Gasteiger partial charge in [0.1, 0.15) is 0 Å². The molecule has 5 aromatic rings. The Morgan fingerprint density at radius 2 is 0.895 bits per heavy atom. The summed E-state index contributed by atoms with van der Waals surface area (Å²) in [6, 6.07) is 47.4. The molecule has 6 rings (SSSR count). The maximum Gasteiger partial charge on any atom is 0.222 e. The lowest BCUT2D eigenvalue weighted by Crippen LogP contribution is -2.41. The minimum atomic E-state index is -1.91. The van der Waals surface area contributed by atoms with E-state index in [1.165, 1.54) is 0 Å². The van der Waals surface area contributed by atoms with Crippen LogP contribution in [0.5, 0.6) is 0 Å². The number of Topliss-reactive ketones (excluding diaryl/α,β-unsaturated/α-hetero) is 1. The Hall–Kier alpha value is -4.57. The minimum absolute atomic E-state index is 0.247. The van der Waals surface area contributed by atoms with Gasteiger partial charge in [0.25, 0.3) is 0 Å². The normalized spacial score (nSPS) is 20.9. The molecule has 2 unspecified atom stereocenters. The number of aliphatic hydroxyl groups is 1. The smallest absolute Gasteiger partial charge is 0.222 e. The molecule has 0 amide bonds. The SMILES string of the molecule is O=C(c1ccccc1)C1(c2ccccc2)OC(O)(c2ccccc2)C(c2ccccc2)=C1c1ccccc1. The number of hydrogen-bond acceptors (Lipinski definition) is 3. The van der Waals surface area contributed by atoms with Crippen LogP contribution in [0, 0.1) is 0 Å². The first-order chi connectivity index (χ1) is 18.6. The molecule has 0 bridgehead atoms. The highest BCUT2D eigenvalue weighted by atomic mass is 16.6. The quantitative estimate of drug-likeness (QED) is 0.253. The number of carbonyl (C=O) groups excluding carboxylic acids is 1. The van der Waals surface area contributed by atoms with Crippen molar-refractivity contribution in [1.29, 1.82) is 0 Å². The maximum absolute atomic E-state index is 14.8. The number of hydrogen-bond donors (Lipinski definition) is 1. The predicted molar refractivity (Wildman–Crippen MR) is 150 cm³/mol. The van der Waals surface area contributed by atoms with Crippen LogP contribution < -0.4 is 0 Å².